The Hall–Kier alpha value is -0.880. The second-order valence-electron chi connectivity index (χ2n) is 6.99. The molecule has 3 heterocycles. The van der Waals surface area contributed by atoms with Crippen LogP contribution in [0.5, 0.6) is 0 Å². The minimum atomic E-state index is 0.354. The molecule has 1 N–H and O–H groups in total. The molecule has 5 heteroatoms. The molecular weight excluding hydrogens is 292 g/mol. The molecule has 0 aromatic carbocycles. The third kappa shape index (κ3) is 4.57. The molecule has 2 aliphatic heterocycles. The molecule has 1 aromatic rings. The van der Waals surface area contributed by atoms with Gasteiger partial charge in [-0.05, 0) is 63.4 Å². The highest BCUT2D eigenvalue weighted by molar-refractivity contribution is 5.06. The summed E-state index contributed by atoms with van der Waals surface area (Å²) < 4.78 is 10.9. The summed E-state index contributed by atoms with van der Waals surface area (Å²) in [6, 6.07) is 4.75. The molecule has 3 rings (SSSR count). The van der Waals surface area contributed by atoms with E-state index in [1.54, 1.807) is 7.11 Å². The van der Waals surface area contributed by atoms with E-state index < -0.39 is 0 Å². The van der Waals surface area contributed by atoms with Gasteiger partial charge in [-0.1, -0.05) is 0 Å². The fourth-order valence-corrected chi connectivity index (χ4v) is 3.92. The lowest BCUT2D eigenvalue weighted by Crippen LogP contribution is -2.50. The number of methoxy groups -OCH3 is 1. The third-order valence-electron chi connectivity index (χ3n) is 5.29. The molecule has 0 unspecified atom stereocenters. The first-order valence-electron chi connectivity index (χ1n) is 8.92. The van der Waals surface area contributed by atoms with Crippen molar-refractivity contribution in [3.05, 3.63) is 23.7 Å². The van der Waals surface area contributed by atoms with E-state index in [4.69, 9.17) is 9.15 Å². The smallest absolute Gasteiger partial charge is 0.129 e. The second-order valence-corrected chi connectivity index (χ2v) is 6.99. The molecule has 23 heavy (non-hydrogen) atoms. The highest BCUT2D eigenvalue weighted by atomic mass is 16.5. The number of likely N-dealkylation sites (tertiary alicyclic amines) is 2. The predicted molar refractivity (Wildman–Crippen MR) is 89.1 cm³/mol. The van der Waals surface area contributed by atoms with Gasteiger partial charge in [0.2, 0.25) is 0 Å². The zero-order valence-electron chi connectivity index (χ0n) is 14.2. The molecule has 2 aliphatic rings. The summed E-state index contributed by atoms with van der Waals surface area (Å²) in [4.78, 5) is 5.15. The van der Waals surface area contributed by atoms with E-state index in [1.165, 1.54) is 12.8 Å². The lowest BCUT2D eigenvalue weighted by atomic mass is 9.94. The third-order valence-corrected chi connectivity index (χ3v) is 5.29. The van der Waals surface area contributed by atoms with Crippen molar-refractivity contribution >= 4 is 0 Å². The Bertz CT molecular complexity index is 469. The van der Waals surface area contributed by atoms with Crippen molar-refractivity contribution in [2.45, 2.75) is 44.9 Å². The van der Waals surface area contributed by atoms with E-state index in [-0.39, 0.29) is 0 Å². The fourth-order valence-electron chi connectivity index (χ4n) is 3.92. The Balaban J connectivity index is 1.49. The number of aliphatic hydroxyl groups excluding tert-OH is 1. The number of hydrogen-bond donors (Lipinski definition) is 1. The van der Waals surface area contributed by atoms with Gasteiger partial charge >= 0.3 is 0 Å². The van der Waals surface area contributed by atoms with Gasteiger partial charge < -0.3 is 14.3 Å². The maximum Gasteiger partial charge on any atom is 0.129 e. The Morgan fingerprint density at radius 2 is 1.96 bits per heavy atom. The van der Waals surface area contributed by atoms with E-state index in [2.05, 4.69) is 15.9 Å². The highest BCUT2D eigenvalue weighted by Gasteiger charge is 2.28. The minimum Gasteiger partial charge on any atom is -0.462 e. The molecule has 0 amide bonds. The fraction of sp³-hybridized carbons (Fsp3) is 0.778. The number of piperidine rings is 2. The van der Waals surface area contributed by atoms with Crippen molar-refractivity contribution in [2.75, 3.05) is 39.9 Å². The number of nitrogens with zero attached hydrogens (tertiary/aromatic N) is 2. The maximum absolute atomic E-state index is 9.29. The largest absolute Gasteiger partial charge is 0.462 e. The Kier molecular flexibility index (Phi) is 6.11. The normalized spacial score (nSPS) is 25.0. The summed E-state index contributed by atoms with van der Waals surface area (Å²) >= 11 is 0. The molecule has 1 aromatic heterocycles. The summed E-state index contributed by atoms with van der Waals surface area (Å²) in [6.45, 7) is 6.36. The molecule has 5 nitrogen and oxygen atoms in total. The van der Waals surface area contributed by atoms with Gasteiger partial charge in [-0.15, -0.1) is 0 Å². The van der Waals surface area contributed by atoms with Gasteiger partial charge in [-0.3, -0.25) is 9.80 Å². The molecule has 1 atom stereocenters. The Morgan fingerprint density at radius 3 is 2.70 bits per heavy atom. The summed E-state index contributed by atoms with van der Waals surface area (Å²) in [6.07, 6.45) is 4.85. The molecule has 130 valence electrons. The molecule has 0 aliphatic carbocycles. The van der Waals surface area contributed by atoms with Gasteiger partial charge in [0.1, 0.15) is 18.1 Å². The molecule has 0 saturated carbocycles. The van der Waals surface area contributed by atoms with Crippen molar-refractivity contribution in [2.24, 2.45) is 5.92 Å². The van der Waals surface area contributed by atoms with Crippen LogP contribution in [0.15, 0.2) is 16.5 Å². The molecule has 0 spiro atoms. The van der Waals surface area contributed by atoms with Gasteiger partial charge in [-0.2, -0.15) is 0 Å². The van der Waals surface area contributed by atoms with E-state index >= 15 is 0 Å². The number of furan rings is 1. The lowest BCUT2D eigenvalue weighted by Gasteiger charge is -2.42. The summed E-state index contributed by atoms with van der Waals surface area (Å²) in [7, 11) is 1.69. The van der Waals surface area contributed by atoms with Crippen molar-refractivity contribution in [3.63, 3.8) is 0 Å². The van der Waals surface area contributed by atoms with Crippen LogP contribution in [0.3, 0.4) is 0 Å². The van der Waals surface area contributed by atoms with E-state index in [0.29, 0.717) is 25.2 Å². The summed E-state index contributed by atoms with van der Waals surface area (Å²) in [5.41, 5.74) is 0. The van der Waals surface area contributed by atoms with Gasteiger partial charge in [0.15, 0.2) is 0 Å². The van der Waals surface area contributed by atoms with Gasteiger partial charge in [0, 0.05) is 26.3 Å². The summed E-state index contributed by atoms with van der Waals surface area (Å²) in [5.74, 6) is 2.46. The van der Waals surface area contributed by atoms with Crippen molar-refractivity contribution in [1.82, 2.24) is 9.80 Å². The topological polar surface area (TPSA) is 49.1 Å². The van der Waals surface area contributed by atoms with E-state index in [0.717, 1.165) is 57.1 Å². The quantitative estimate of drug-likeness (QED) is 0.869. The van der Waals surface area contributed by atoms with E-state index in [9.17, 15) is 5.11 Å². The summed E-state index contributed by atoms with van der Waals surface area (Å²) in [5, 5.41) is 9.29. The van der Waals surface area contributed by atoms with Crippen LogP contribution >= 0.6 is 0 Å². The van der Waals surface area contributed by atoms with Gasteiger partial charge in [-0.25, -0.2) is 0 Å². The van der Waals surface area contributed by atoms with Crippen LogP contribution in [0.25, 0.3) is 0 Å². The number of hydrogen-bond acceptors (Lipinski definition) is 5. The molecule has 2 fully saturated rings. The highest BCUT2D eigenvalue weighted by Crippen LogP contribution is 2.24. The van der Waals surface area contributed by atoms with Crippen LogP contribution < -0.4 is 0 Å². The van der Waals surface area contributed by atoms with E-state index in [1.807, 2.05) is 6.07 Å². The molecular formula is C18H30N2O3. The van der Waals surface area contributed by atoms with Crippen LogP contribution in [0.2, 0.25) is 0 Å². The molecule has 0 radical (unpaired) electrons. The Morgan fingerprint density at radius 1 is 1.17 bits per heavy atom. The maximum atomic E-state index is 9.29. The minimum absolute atomic E-state index is 0.354. The first-order valence-corrected chi connectivity index (χ1v) is 8.92. The zero-order valence-corrected chi connectivity index (χ0v) is 14.2. The Labute approximate surface area is 139 Å². The molecule has 0 bridgehead atoms. The van der Waals surface area contributed by atoms with Crippen LogP contribution in [0, 0.1) is 5.92 Å². The first kappa shape index (κ1) is 17.0. The first-order chi connectivity index (χ1) is 11.3. The average Bonchev–Trinajstić information content (AvgIpc) is 3.03. The SMILES string of the molecule is COCc1ccc(CN2CCC[C@H](N3CCC(CO)CC3)C2)o1. The number of aliphatic hydroxyl groups is 1. The molecule has 2 saturated heterocycles. The van der Waals surface area contributed by atoms with Crippen molar-refractivity contribution in [1.29, 1.82) is 0 Å². The zero-order chi connectivity index (χ0) is 16.1. The predicted octanol–water partition coefficient (Wildman–Crippen LogP) is 2.09. The lowest BCUT2D eigenvalue weighted by molar-refractivity contribution is 0.0519. The monoisotopic (exact) mass is 322 g/mol. The van der Waals surface area contributed by atoms with Crippen molar-refractivity contribution < 1.29 is 14.3 Å². The van der Waals surface area contributed by atoms with Gasteiger partial charge in [0.05, 0.1) is 6.54 Å². The van der Waals surface area contributed by atoms with Gasteiger partial charge in [0.25, 0.3) is 0 Å². The standard InChI is InChI=1S/C18H30N2O3/c1-22-14-18-5-4-17(23-18)12-19-8-2-3-16(11-19)20-9-6-15(13-21)7-10-20/h4-5,15-16,21H,2-3,6-14H2,1H3/t16-/m0/s1. The van der Waals surface area contributed by atoms with Crippen LogP contribution in [0.4, 0.5) is 0 Å². The number of rotatable bonds is 6. The number of ether oxygens (including phenoxy) is 1. The second kappa shape index (κ2) is 8.29. The van der Waals surface area contributed by atoms with Crippen LogP contribution in [-0.4, -0.2) is 60.8 Å². The van der Waals surface area contributed by atoms with Crippen molar-refractivity contribution in [3.8, 4) is 0 Å². The van der Waals surface area contributed by atoms with Crippen LogP contribution in [0.1, 0.15) is 37.2 Å². The average molecular weight is 322 g/mol. The van der Waals surface area contributed by atoms with Crippen LogP contribution in [-0.2, 0) is 17.9 Å².